The van der Waals surface area contributed by atoms with Gasteiger partial charge in [0, 0.05) is 28.5 Å². The van der Waals surface area contributed by atoms with Gasteiger partial charge in [0.2, 0.25) is 5.78 Å². The lowest BCUT2D eigenvalue weighted by Gasteiger charge is -2.08. The number of hydrogen-bond donors (Lipinski definition) is 0. The summed E-state index contributed by atoms with van der Waals surface area (Å²) in [7, 11) is 0. The van der Waals surface area contributed by atoms with Gasteiger partial charge in [-0.25, -0.2) is 9.78 Å². The topological polar surface area (TPSA) is 61.2 Å². The van der Waals surface area contributed by atoms with Crippen molar-refractivity contribution in [3.8, 4) is 5.13 Å². The fourth-order valence-corrected chi connectivity index (χ4v) is 3.50. The van der Waals surface area contributed by atoms with Gasteiger partial charge in [-0.15, -0.1) is 11.3 Å². The highest BCUT2D eigenvalue weighted by Crippen LogP contribution is 2.29. The maximum absolute atomic E-state index is 12.6. The van der Waals surface area contributed by atoms with Gasteiger partial charge in [-0.1, -0.05) is 0 Å². The van der Waals surface area contributed by atoms with Gasteiger partial charge in [0.25, 0.3) is 0 Å². The van der Waals surface area contributed by atoms with E-state index >= 15 is 0 Å². The summed E-state index contributed by atoms with van der Waals surface area (Å²) in [5.41, 5.74) is 0.949. The van der Waals surface area contributed by atoms with E-state index in [0.717, 1.165) is 35.1 Å². The molecule has 0 fully saturated rings. The standard InChI is InChI=1S/C19H15F3N2O3S/c1-11-9-15(12(2)24(11)18-23-7-8-28-18)16(25)10-27-17(26)13-3-5-14(6-4-13)19(20,21)22/h3-9H,10H2,1-2H3. The van der Waals surface area contributed by atoms with Gasteiger partial charge in [-0.2, -0.15) is 13.2 Å². The Hall–Kier alpha value is -2.94. The number of aryl methyl sites for hydroxylation is 1. The van der Waals surface area contributed by atoms with Gasteiger partial charge in [0.05, 0.1) is 11.1 Å². The second kappa shape index (κ2) is 7.59. The van der Waals surface area contributed by atoms with Gasteiger partial charge in [0.15, 0.2) is 11.7 Å². The highest BCUT2D eigenvalue weighted by atomic mass is 32.1. The number of alkyl halides is 3. The maximum atomic E-state index is 12.6. The molecule has 0 aliphatic rings. The third-order valence-electron chi connectivity index (χ3n) is 4.12. The number of carbonyl (C=O) groups is 2. The highest BCUT2D eigenvalue weighted by molar-refractivity contribution is 7.12. The van der Waals surface area contributed by atoms with Crippen LogP contribution < -0.4 is 0 Å². The molecule has 3 aromatic rings. The number of hydrogen-bond acceptors (Lipinski definition) is 5. The number of thiazole rings is 1. The van der Waals surface area contributed by atoms with Crippen LogP contribution in [0.15, 0.2) is 41.9 Å². The molecule has 0 saturated heterocycles. The summed E-state index contributed by atoms with van der Waals surface area (Å²) in [6.45, 7) is 3.08. The zero-order chi connectivity index (χ0) is 20.5. The molecule has 0 aliphatic carbocycles. The number of rotatable bonds is 5. The maximum Gasteiger partial charge on any atom is 0.416 e. The predicted molar refractivity (Wildman–Crippen MR) is 97.0 cm³/mol. The lowest BCUT2D eigenvalue weighted by atomic mass is 10.1. The number of benzene rings is 1. The molecule has 2 aromatic heterocycles. The molecular weight excluding hydrogens is 393 g/mol. The average Bonchev–Trinajstić information content (AvgIpc) is 3.26. The molecule has 5 nitrogen and oxygen atoms in total. The van der Waals surface area contributed by atoms with Crippen molar-refractivity contribution in [1.29, 1.82) is 0 Å². The van der Waals surface area contributed by atoms with Crippen molar-refractivity contribution < 1.29 is 27.5 Å². The van der Waals surface area contributed by atoms with Gasteiger partial charge >= 0.3 is 12.1 Å². The van der Waals surface area contributed by atoms with Crippen LogP contribution in [0.4, 0.5) is 13.2 Å². The molecule has 2 heterocycles. The number of Topliss-reactive ketones (excluding diaryl/α,β-unsaturated/α-hetero) is 1. The lowest BCUT2D eigenvalue weighted by Crippen LogP contribution is -2.15. The molecule has 146 valence electrons. The Labute approximate surface area is 162 Å². The van der Waals surface area contributed by atoms with E-state index in [1.165, 1.54) is 11.3 Å². The van der Waals surface area contributed by atoms with Gasteiger partial charge in [0.1, 0.15) is 0 Å². The van der Waals surface area contributed by atoms with Crippen LogP contribution in [0, 0.1) is 13.8 Å². The minimum absolute atomic E-state index is 0.0611. The number of carbonyl (C=O) groups excluding carboxylic acids is 2. The van der Waals surface area contributed by atoms with Crippen LogP contribution in [0.3, 0.4) is 0 Å². The van der Waals surface area contributed by atoms with Crippen molar-refractivity contribution in [1.82, 2.24) is 9.55 Å². The van der Waals surface area contributed by atoms with Crippen LogP contribution in [-0.4, -0.2) is 27.9 Å². The molecule has 0 N–H and O–H groups in total. The van der Waals surface area contributed by atoms with Crippen LogP contribution in [0.2, 0.25) is 0 Å². The number of halogens is 3. The summed E-state index contributed by atoms with van der Waals surface area (Å²) in [4.78, 5) is 28.7. The largest absolute Gasteiger partial charge is 0.454 e. The Morgan fingerprint density at radius 3 is 2.43 bits per heavy atom. The molecule has 0 bridgehead atoms. The quantitative estimate of drug-likeness (QED) is 0.457. The smallest absolute Gasteiger partial charge is 0.416 e. The normalized spacial score (nSPS) is 11.5. The molecule has 0 amide bonds. The second-order valence-corrected chi connectivity index (χ2v) is 6.88. The Balaban J connectivity index is 1.69. The molecular formula is C19H15F3N2O3S. The predicted octanol–water partition coefficient (Wildman–Crippen LogP) is 4.61. The fraction of sp³-hybridized carbons (Fsp3) is 0.211. The Bertz CT molecular complexity index is 1010. The van der Waals surface area contributed by atoms with Crippen LogP contribution in [0.1, 0.15) is 37.7 Å². The first kappa shape index (κ1) is 19.8. The molecule has 0 unspecified atom stereocenters. The SMILES string of the molecule is Cc1cc(C(=O)COC(=O)c2ccc(C(F)(F)F)cc2)c(C)n1-c1nccs1. The highest BCUT2D eigenvalue weighted by Gasteiger charge is 2.30. The number of aromatic nitrogens is 2. The fourth-order valence-electron chi connectivity index (χ4n) is 2.75. The van der Waals surface area contributed by atoms with E-state index in [1.807, 2.05) is 16.9 Å². The van der Waals surface area contributed by atoms with Gasteiger partial charge in [-0.3, -0.25) is 9.36 Å². The minimum atomic E-state index is -4.49. The molecule has 28 heavy (non-hydrogen) atoms. The first-order valence-electron chi connectivity index (χ1n) is 8.15. The van der Waals surface area contributed by atoms with Crippen molar-refractivity contribution in [3.05, 3.63) is 70.0 Å². The van der Waals surface area contributed by atoms with E-state index in [1.54, 1.807) is 19.2 Å². The third-order valence-corrected chi connectivity index (χ3v) is 4.88. The van der Waals surface area contributed by atoms with Crippen LogP contribution in [0.25, 0.3) is 5.13 Å². The number of esters is 1. The van der Waals surface area contributed by atoms with E-state index in [-0.39, 0.29) is 5.56 Å². The summed E-state index contributed by atoms with van der Waals surface area (Å²) in [6, 6.07) is 5.30. The molecule has 3 rings (SSSR count). The van der Waals surface area contributed by atoms with Crippen molar-refractivity contribution >= 4 is 23.1 Å². The Kier molecular flexibility index (Phi) is 5.37. The van der Waals surface area contributed by atoms with E-state index in [9.17, 15) is 22.8 Å². The monoisotopic (exact) mass is 408 g/mol. The first-order valence-corrected chi connectivity index (χ1v) is 9.03. The summed E-state index contributed by atoms with van der Waals surface area (Å²) in [6.07, 6.45) is -2.83. The van der Waals surface area contributed by atoms with Crippen LogP contribution in [0.5, 0.6) is 0 Å². The Morgan fingerprint density at radius 2 is 1.86 bits per heavy atom. The van der Waals surface area contributed by atoms with E-state index < -0.39 is 30.1 Å². The number of nitrogens with zero attached hydrogens (tertiary/aromatic N) is 2. The van der Waals surface area contributed by atoms with E-state index in [4.69, 9.17) is 4.74 Å². The summed E-state index contributed by atoms with van der Waals surface area (Å²) >= 11 is 1.42. The van der Waals surface area contributed by atoms with Crippen molar-refractivity contribution in [2.75, 3.05) is 6.61 Å². The molecule has 0 radical (unpaired) electrons. The summed E-state index contributed by atoms with van der Waals surface area (Å²) < 4.78 is 44.5. The molecule has 1 aromatic carbocycles. The summed E-state index contributed by atoms with van der Waals surface area (Å²) in [5.74, 6) is -1.27. The van der Waals surface area contributed by atoms with Crippen LogP contribution >= 0.6 is 11.3 Å². The molecule has 0 spiro atoms. The minimum Gasteiger partial charge on any atom is -0.454 e. The number of ether oxygens (including phenoxy) is 1. The average molecular weight is 408 g/mol. The second-order valence-electron chi connectivity index (χ2n) is 6.01. The van der Waals surface area contributed by atoms with Crippen molar-refractivity contribution in [3.63, 3.8) is 0 Å². The zero-order valence-electron chi connectivity index (χ0n) is 14.9. The van der Waals surface area contributed by atoms with E-state index in [2.05, 4.69) is 4.98 Å². The van der Waals surface area contributed by atoms with Gasteiger partial charge < -0.3 is 4.74 Å². The molecule has 0 aliphatic heterocycles. The van der Waals surface area contributed by atoms with E-state index in [0.29, 0.717) is 11.3 Å². The first-order chi connectivity index (χ1) is 13.2. The van der Waals surface area contributed by atoms with Crippen molar-refractivity contribution in [2.45, 2.75) is 20.0 Å². The van der Waals surface area contributed by atoms with Gasteiger partial charge in [-0.05, 0) is 44.2 Å². The summed E-state index contributed by atoms with van der Waals surface area (Å²) in [5, 5.41) is 2.54. The molecule has 0 saturated carbocycles. The molecule has 9 heteroatoms. The third kappa shape index (κ3) is 3.99. The lowest BCUT2D eigenvalue weighted by molar-refractivity contribution is -0.137. The zero-order valence-corrected chi connectivity index (χ0v) is 15.7. The van der Waals surface area contributed by atoms with Crippen molar-refractivity contribution in [2.24, 2.45) is 0 Å². The number of ketones is 1. The van der Waals surface area contributed by atoms with Crippen LogP contribution in [-0.2, 0) is 10.9 Å². The Morgan fingerprint density at radius 1 is 1.18 bits per heavy atom. The molecule has 0 atom stereocenters.